The predicted octanol–water partition coefficient (Wildman–Crippen LogP) is 3.43. The van der Waals surface area contributed by atoms with E-state index in [1.54, 1.807) is 18.2 Å². The minimum absolute atomic E-state index is 0.104. The third-order valence-electron chi connectivity index (χ3n) is 3.15. The predicted molar refractivity (Wildman–Crippen MR) is 90.5 cm³/mol. The molecule has 2 aromatic rings. The van der Waals surface area contributed by atoms with Gasteiger partial charge in [0.05, 0.1) is 6.42 Å². The highest BCUT2D eigenvalue weighted by atomic mass is 16.5. The number of amides is 1. The molecule has 4 nitrogen and oxygen atoms in total. The maximum Gasteiger partial charge on any atom is 0.224 e. The summed E-state index contributed by atoms with van der Waals surface area (Å²) in [6.07, 6.45) is 0.162. The van der Waals surface area contributed by atoms with Gasteiger partial charge in [-0.1, -0.05) is 30.3 Å². The average Bonchev–Trinajstić information content (AvgIpc) is 2.45. The van der Waals surface area contributed by atoms with Crippen LogP contribution in [-0.2, 0) is 17.8 Å². The number of carbonyl (C=O) groups excluding carboxylic acids is 1. The Bertz CT molecular complexity index is 660. The van der Waals surface area contributed by atoms with E-state index in [9.17, 15) is 9.90 Å². The van der Waals surface area contributed by atoms with Crippen LogP contribution >= 0.6 is 0 Å². The maximum atomic E-state index is 12.1. The van der Waals surface area contributed by atoms with Gasteiger partial charge >= 0.3 is 0 Å². The Balaban J connectivity index is 2.09. The van der Waals surface area contributed by atoms with E-state index in [0.29, 0.717) is 17.9 Å². The van der Waals surface area contributed by atoms with Crippen LogP contribution in [0.3, 0.4) is 0 Å². The van der Waals surface area contributed by atoms with Gasteiger partial charge < -0.3 is 15.2 Å². The fourth-order valence-electron chi connectivity index (χ4n) is 2.22. The first-order valence-electron chi connectivity index (χ1n) is 7.63. The van der Waals surface area contributed by atoms with Crippen LogP contribution in [0.2, 0.25) is 0 Å². The zero-order valence-corrected chi connectivity index (χ0v) is 13.8. The van der Waals surface area contributed by atoms with E-state index in [1.165, 1.54) is 0 Å². The topological polar surface area (TPSA) is 58.6 Å². The van der Waals surface area contributed by atoms with Gasteiger partial charge in [-0.3, -0.25) is 4.79 Å². The summed E-state index contributed by atoms with van der Waals surface area (Å²) in [7, 11) is 0. The molecular weight excluding hydrogens is 290 g/mol. The molecule has 4 heteroatoms. The van der Waals surface area contributed by atoms with Crippen LogP contribution in [0.1, 0.15) is 31.9 Å². The minimum atomic E-state index is -0.293. The number of rotatable bonds is 5. The first kappa shape index (κ1) is 16.9. The van der Waals surface area contributed by atoms with Crippen molar-refractivity contribution in [2.75, 3.05) is 0 Å². The largest absolute Gasteiger partial charge is 0.508 e. The monoisotopic (exact) mass is 313 g/mol. The quantitative estimate of drug-likeness (QED) is 0.889. The van der Waals surface area contributed by atoms with Crippen molar-refractivity contribution < 1.29 is 14.6 Å². The minimum Gasteiger partial charge on any atom is -0.508 e. The lowest BCUT2D eigenvalue weighted by Gasteiger charge is -2.21. The summed E-state index contributed by atoms with van der Waals surface area (Å²) in [5.74, 6) is 0.624. The second-order valence-electron chi connectivity index (χ2n) is 6.54. The molecule has 0 radical (unpaired) electrons. The van der Waals surface area contributed by atoms with Crippen molar-refractivity contribution in [2.24, 2.45) is 0 Å². The highest BCUT2D eigenvalue weighted by Crippen LogP contribution is 2.25. The van der Waals surface area contributed by atoms with Crippen molar-refractivity contribution >= 4 is 5.91 Å². The highest BCUT2D eigenvalue weighted by molar-refractivity contribution is 5.80. The number of ether oxygens (including phenoxy) is 1. The first-order chi connectivity index (χ1) is 10.8. The van der Waals surface area contributed by atoms with Crippen LogP contribution < -0.4 is 10.1 Å². The molecule has 2 aromatic carbocycles. The molecule has 0 bridgehead atoms. The lowest BCUT2D eigenvalue weighted by molar-refractivity contribution is -0.121. The van der Waals surface area contributed by atoms with Crippen molar-refractivity contribution in [3.63, 3.8) is 0 Å². The van der Waals surface area contributed by atoms with Gasteiger partial charge in [0.15, 0.2) is 0 Å². The third kappa shape index (κ3) is 5.66. The molecule has 122 valence electrons. The van der Waals surface area contributed by atoms with E-state index < -0.39 is 0 Å². The highest BCUT2D eigenvalue weighted by Gasteiger charge is 2.16. The van der Waals surface area contributed by atoms with Crippen molar-refractivity contribution in [3.8, 4) is 11.5 Å². The van der Waals surface area contributed by atoms with Gasteiger partial charge in [0.2, 0.25) is 5.91 Å². The summed E-state index contributed by atoms with van der Waals surface area (Å²) in [5, 5.41) is 12.6. The molecule has 0 aromatic heterocycles. The summed E-state index contributed by atoms with van der Waals surface area (Å²) in [6, 6.07) is 14.6. The fraction of sp³-hybridized carbons (Fsp3) is 0.316. The SMILES string of the molecule is CC(C)(C)NC(=O)Cc1cc(O)ccc1OCc1ccccc1. The van der Waals surface area contributed by atoms with Gasteiger partial charge in [0.25, 0.3) is 0 Å². The number of benzene rings is 2. The molecule has 2 rings (SSSR count). The molecule has 0 atom stereocenters. The summed E-state index contributed by atoms with van der Waals surface area (Å²) >= 11 is 0. The number of phenols is 1. The molecule has 0 aliphatic rings. The van der Waals surface area contributed by atoms with E-state index in [2.05, 4.69) is 5.32 Å². The molecule has 0 heterocycles. The second-order valence-corrected chi connectivity index (χ2v) is 6.54. The smallest absolute Gasteiger partial charge is 0.224 e. The average molecular weight is 313 g/mol. The third-order valence-corrected chi connectivity index (χ3v) is 3.15. The summed E-state index contributed by atoms with van der Waals surface area (Å²) < 4.78 is 5.82. The van der Waals surface area contributed by atoms with Crippen LogP contribution in [0.25, 0.3) is 0 Å². The van der Waals surface area contributed by atoms with Crippen molar-refractivity contribution in [1.29, 1.82) is 0 Å². The summed E-state index contributed by atoms with van der Waals surface area (Å²) in [6.45, 7) is 6.21. The lowest BCUT2D eigenvalue weighted by Crippen LogP contribution is -2.41. The van der Waals surface area contributed by atoms with E-state index in [1.807, 2.05) is 51.1 Å². The number of phenolic OH excluding ortho intramolecular Hbond substituents is 1. The number of carbonyl (C=O) groups is 1. The molecule has 0 spiro atoms. The van der Waals surface area contributed by atoms with Crippen molar-refractivity contribution in [2.45, 2.75) is 39.3 Å². The zero-order valence-electron chi connectivity index (χ0n) is 13.8. The van der Waals surface area contributed by atoms with Gasteiger partial charge in [-0.05, 0) is 44.5 Å². The van der Waals surface area contributed by atoms with E-state index in [0.717, 1.165) is 5.56 Å². The van der Waals surface area contributed by atoms with Crippen LogP contribution in [-0.4, -0.2) is 16.6 Å². The number of hydrogen-bond donors (Lipinski definition) is 2. The van der Waals surface area contributed by atoms with Gasteiger partial charge in [-0.25, -0.2) is 0 Å². The van der Waals surface area contributed by atoms with E-state index >= 15 is 0 Å². The molecule has 23 heavy (non-hydrogen) atoms. The molecule has 0 saturated heterocycles. The van der Waals surface area contributed by atoms with Crippen LogP contribution in [0, 0.1) is 0 Å². The Morgan fingerprint density at radius 3 is 2.48 bits per heavy atom. The summed E-state index contributed by atoms with van der Waals surface area (Å²) in [4.78, 5) is 12.1. The molecule has 1 amide bonds. The number of nitrogens with one attached hydrogen (secondary N) is 1. The number of aromatic hydroxyl groups is 1. The molecule has 0 saturated carbocycles. The Morgan fingerprint density at radius 2 is 1.83 bits per heavy atom. The molecule has 2 N–H and O–H groups in total. The second kappa shape index (κ2) is 7.18. The fourth-order valence-corrected chi connectivity index (χ4v) is 2.22. The lowest BCUT2D eigenvalue weighted by atomic mass is 10.1. The molecule has 0 aliphatic heterocycles. The van der Waals surface area contributed by atoms with Crippen LogP contribution in [0.5, 0.6) is 11.5 Å². The maximum absolute atomic E-state index is 12.1. The van der Waals surface area contributed by atoms with Crippen molar-refractivity contribution in [3.05, 3.63) is 59.7 Å². The Morgan fingerprint density at radius 1 is 1.13 bits per heavy atom. The van der Waals surface area contributed by atoms with E-state index in [4.69, 9.17) is 4.74 Å². The standard InChI is InChI=1S/C19H23NO3/c1-19(2,3)20-18(22)12-15-11-16(21)9-10-17(15)23-13-14-7-5-4-6-8-14/h4-11,21H,12-13H2,1-3H3,(H,20,22). The van der Waals surface area contributed by atoms with Gasteiger partial charge in [0.1, 0.15) is 18.1 Å². The number of hydrogen-bond acceptors (Lipinski definition) is 3. The molecule has 0 fully saturated rings. The molecular formula is C19H23NO3. The zero-order chi connectivity index (χ0) is 16.9. The summed E-state index contributed by atoms with van der Waals surface area (Å²) in [5.41, 5.74) is 1.42. The normalized spacial score (nSPS) is 11.1. The van der Waals surface area contributed by atoms with Gasteiger partial charge in [-0.2, -0.15) is 0 Å². The Hall–Kier alpha value is -2.49. The van der Waals surface area contributed by atoms with Crippen LogP contribution in [0.15, 0.2) is 48.5 Å². The first-order valence-corrected chi connectivity index (χ1v) is 7.63. The van der Waals surface area contributed by atoms with Crippen molar-refractivity contribution in [1.82, 2.24) is 5.32 Å². The molecule has 0 unspecified atom stereocenters. The Labute approximate surface area is 137 Å². The van der Waals surface area contributed by atoms with Crippen LogP contribution in [0.4, 0.5) is 0 Å². The Kier molecular flexibility index (Phi) is 5.27. The van der Waals surface area contributed by atoms with Gasteiger partial charge in [0, 0.05) is 11.1 Å². The molecule has 0 aliphatic carbocycles. The van der Waals surface area contributed by atoms with E-state index in [-0.39, 0.29) is 23.6 Å². The van der Waals surface area contributed by atoms with Gasteiger partial charge in [-0.15, -0.1) is 0 Å².